The Morgan fingerprint density at radius 1 is 1.18 bits per heavy atom. The highest BCUT2D eigenvalue weighted by Crippen LogP contribution is 2.64. The Hall–Kier alpha value is -4.61. The minimum Gasteiger partial charge on any atom is -0.420 e. The van der Waals surface area contributed by atoms with Gasteiger partial charge in [0.05, 0.1) is 17.5 Å². The molecule has 1 spiro atoms. The van der Waals surface area contributed by atoms with Gasteiger partial charge in [-0.05, 0) is 61.9 Å². The largest absolute Gasteiger partial charge is 0.420 e. The highest BCUT2D eigenvalue weighted by atomic mass is 19.1. The van der Waals surface area contributed by atoms with Crippen molar-refractivity contribution < 1.29 is 13.6 Å². The third-order valence-electron chi connectivity index (χ3n) is 7.88. The molecular weight excluding hydrogens is 491 g/mol. The molecule has 1 saturated heterocycles. The number of piperidine rings is 1. The molecule has 4 aromatic heterocycles. The van der Waals surface area contributed by atoms with Crippen molar-refractivity contribution in [3.63, 3.8) is 0 Å². The number of nitrogens with one attached hydrogen (secondary N) is 1. The van der Waals surface area contributed by atoms with Crippen molar-refractivity contribution in [2.24, 2.45) is 5.41 Å². The predicted octanol–water partition coefficient (Wildman–Crippen LogP) is 3.12. The van der Waals surface area contributed by atoms with E-state index in [0.29, 0.717) is 47.2 Å². The summed E-state index contributed by atoms with van der Waals surface area (Å²) in [5.74, 6) is 0.818. The molecule has 1 unspecified atom stereocenters. The van der Waals surface area contributed by atoms with Crippen LogP contribution in [0.3, 0.4) is 0 Å². The Morgan fingerprint density at radius 3 is 2.84 bits per heavy atom. The number of carbonyl (C=O) groups is 1. The van der Waals surface area contributed by atoms with E-state index in [4.69, 9.17) is 4.42 Å². The quantitative estimate of drug-likeness (QED) is 0.390. The first-order valence-corrected chi connectivity index (χ1v) is 12.4. The van der Waals surface area contributed by atoms with Crippen LogP contribution in [0.15, 0.2) is 58.0 Å². The van der Waals surface area contributed by atoms with Crippen LogP contribution in [0.25, 0.3) is 22.9 Å². The second-order valence-corrected chi connectivity index (χ2v) is 10.0. The van der Waals surface area contributed by atoms with Crippen LogP contribution >= 0.6 is 0 Å². The lowest BCUT2D eigenvalue weighted by molar-refractivity contribution is 0.0672. The molecule has 1 saturated carbocycles. The van der Waals surface area contributed by atoms with Crippen molar-refractivity contribution in [1.82, 2.24) is 39.5 Å². The van der Waals surface area contributed by atoms with Crippen LogP contribution in [-0.2, 0) is 0 Å². The molecule has 0 radical (unpaired) electrons. The number of likely N-dealkylation sites (tertiary alicyclic amines) is 1. The summed E-state index contributed by atoms with van der Waals surface area (Å²) in [5, 5.41) is 17.1. The number of aromatic nitrogens is 7. The molecule has 192 valence electrons. The van der Waals surface area contributed by atoms with Gasteiger partial charge in [0, 0.05) is 30.8 Å². The molecule has 11 nitrogen and oxygen atoms in total. The zero-order valence-corrected chi connectivity index (χ0v) is 20.5. The number of nitrogens with zero attached hydrogens (tertiary/aromatic N) is 7. The van der Waals surface area contributed by atoms with Gasteiger partial charge in [0.15, 0.2) is 0 Å². The van der Waals surface area contributed by atoms with Gasteiger partial charge in [-0.15, -0.1) is 15.3 Å². The molecule has 2 aliphatic rings. The number of hydrogen-bond donors (Lipinski definition) is 1. The Kier molecular flexibility index (Phi) is 4.87. The molecule has 0 bridgehead atoms. The van der Waals surface area contributed by atoms with Gasteiger partial charge in [-0.1, -0.05) is 6.07 Å². The second kappa shape index (κ2) is 8.20. The van der Waals surface area contributed by atoms with E-state index < -0.39 is 0 Å². The molecule has 38 heavy (non-hydrogen) atoms. The molecule has 1 aliphatic heterocycles. The zero-order chi connectivity index (χ0) is 26.0. The fourth-order valence-corrected chi connectivity index (χ4v) is 5.55. The minimum absolute atomic E-state index is 0.0390. The van der Waals surface area contributed by atoms with Crippen molar-refractivity contribution in [2.75, 3.05) is 13.1 Å². The minimum atomic E-state index is -0.352. The van der Waals surface area contributed by atoms with Gasteiger partial charge in [0.25, 0.3) is 11.5 Å². The number of hydrogen-bond acceptors (Lipinski definition) is 7. The number of benzene rings is 1. The molecule has 1 amide bonds. The molecule has 5 heterocycles. The highest BCUT2D eigenvalue weighted by Gasteiger charge is 2.58. The van der Waals surface area contributed by atoms with E-state index in [1.54, 1.807) is 37.4 Å². The van der Waals surface area contributed by atoms with Gasteiger partial charge in [-0.2, -0.15) is 5.10 Å². The van der Waals surface area contributed by atoms with Gasteiger partial charge >= 0.3 is 0 Å². The summed E-state index contributed by atoms with van der Waals surface area (Å²) >= 11 is 0. The van der Waals surface area contributed by atoms with Crippen LogP contribution in [0.1, 0.15) is 47.1 Å². The standard InChI is InChI=1S/C26H23FN8O3/c1-15-18(14-28-35(15)25-29-21(36)20-6-3-9-34(20)32-25)24(37)33-10-7-26(8-11-33)13-19(26)23-31-30-22(38-23)16-4-2-5-17(27)12-16/h2-6,9,12,14,19H,7-8,10-11,13H2,1H3,(H,29,32,36). The van der Waals surface area contributed by atoms with Crippen LogP contribution in [0, 0.1) is 18.2 Å². The maximum atomic E-state index is 13.6. The average molecular weight is 515 g/mol. The fourth-order valence-electron chi connectivity index (χ4n) is 5.55. The fraction of sp³-hybridized carbons (Fsp3) is 0.308. The number of H-pyrrole nitrogens is 1. The highest BCUT2D eigenvalue weighted by molar-refractivity contribution is 5.95. The summed E-state index contributed by atoms with van der Waals surface area (Å²) in [6.07, 6.45) is 5.79. The maximum Gasteiger partial charge on any atom is 0.276 e. The average Bonchev–Trinajstić information content (AvgIpc) is 3.35. The van der Waals surface area contributed by atoms with Crippen molar-refractivity contribution in [2.45, 2.75) is 32.1 Å². The Balaban J connectivity index is 1.04. The molecule has 2 fully saturated rings. The van der Waals surface area contributed by atoms with E-state index in [1.165, 1.54) is 27.5 Å². The molecule has 12 heteroatoms. The van der Waals surface area contributed by atoms with E-state index in [1.807, 2.05) is 4.90 Å². The SMILES string of the molecule is Cc1c(C(=O)N2CCC3(CC2)CC3c2nnc(-c3cccc(F)c3)o2)cnn1-c1nn2cccc2c(=O)[nH]1. The smallest absolute Gasteiger partial charge is 0.276 e. The van der Waals surface area contributed by atoms with Crippen molar-refractivity contribution in [1.29, 1.82) is 0 Å². The maximum absolute atomic E-state index is 13.6. The first-order chi connectivity index (χ1) is 18.4. The summed E-state index contributed by atoms with van der Waals surface area (Å²) in [4.78, 5) is 30.3. The van der Waals surface area contributed by atoms with E-state index >= 15 is 0 Å². The lowest BCUT2D eigenvalue weighted by Crippen LogP contribution is -2.39. The topological polar surface area (TPSA) is 127 Å². The summed E-state index contributed by atoms with van der Waals surface area (Å²) in [6.45, 7) is 3.00. The van der Waals surface area contributed by atoms with Crippen molar-refractivity contribution in [3.05, 3.63) is 82.1 Å². The van der Waals surface area contributed by atoms with Crippen LogP contribution in [-0.4, -0.2) is 58.5 Å². The lowest BCUT2D eigenvalue weighted by Gasteiger charge is -2.32. The van der Waals surface area contributed by atoms with Gasteiger partial charge < -0.3 is 9.32 Å². The number of halogens is 1. The van der Waals surface area contributed by atoms with Crippen molar-refractivity contribution >= 4 is 11.4 Å². The van der Waals surface area contributed by atoms with Crippen LogP contribution < -0.4 is 5.56 Å². The number of carbonyl (C=O) groups excluding carboxylic acids is 1. The normalized spacial score (nSPS) is 18.4. The monoisotopic (exact) mass is 514 g/mol. The zero-order valence-electron chi connectivity index (χ0n) is 20.5. The first-order valence-electron chi connectivity index (χ1n) is 12.4. The van der Waals surface area contributed by atoms with Gasteiger partial charge in [-0.3, -0.25) is 14.6 Å². The molecule has 5 aromatic rings. The van der Waals surface area contributed by atoms with E-state index in [0.717, 1.165) is 19.3 Å². The van der Waals surface area contributed by atoms with E-state index in [2.05, 4.69) is 25.4 Å². The Labute approximate surface area is 214 Å². The third kappa shape index (κ3) is 3.55. The Bertz CT molecular complexity index is 1760. The van der Waals surface area contributed by atoms with Crippen LogP contribution in [0.2, 0.25) is 0 Å². The van der Waals surface area contributed by atoms with Crippen LogP contribution in [0.5, 0.6) is 0 Å². The number of amides is 1. The van der Waals surface area contributed by atoms with Crippen LogP contribution in [0.4, 0.5) is 4.39 Å². The molecule has 1 aromatic carbocycles. The Morgan fingerprint density at radius 2 is 2.03 bits per heavy atom. The lowest BCUT2D eigenvalue weighted by atomic mass is 9.90. The molecular formula is C26H23FN8O3. The van der Waals surface area contributed by atoms with Gasteiger partial charge in [0.1, 0.15) is 11.3 Å². The van der Waals surface area contributed by atoms with E-state index in [9.17, 15) is 14.0 Å². The molecule has 7 rings (SSSR count). The summed E-state index contributed by atoms with van der Waals surface area (Å²) in [6, 6.07) is 9.52. The number of aromatic amines is 1. The third-order valence-corrected chi connectivity index (χ3v) is 7.88. The molecule has 1 N–H and O–H groups in total. The molecule has 1 atom stereocenters. The molecule has 1 aliphatic carbocycles. The summed E-state index contributed by atoms with van der Waals surface area (Å²) in [5.41, 5.74) is 1.82. The van der Waals surface area contributed by atoms with Crippen molar-refractivity contribution in [3.8, 4) is 17.4 Å². The van der Waals surface area contributed by atoms with Gasteiger partial charge in [-0.25, -0.2) is 13.6 Å². The summed E-state index contributed by atoms with van der Waals surface area (Å²) < 4.78 is 22.4. The number of fused-ring (bicyclic) bond motifs is 1. The van der Waals surface area contributed by atoms with E-state index in [-0.39, 0.29) is 34.6 Å². The summed E-state index contributed by atoms with van der Waals surface area (Å²) in [7, 11) is 0. The predicted molar refractivity (Wildman–Crippen MR) is 132 cm³/mol. The number of rotatable bonds is 4. The first kappa shape index (κ1) is 22.6. The second-order valence-electron chi connectivity index (χ2n) is 10.0. The van der Waals surface area contributed by atoms with Gasteiger partial charge in [0.2, 0.25) is 17.7 Å².